The highest BCUT2D eigenvalue weighted by atomic mass is 32.2. The quantitative estimate of drug-likeness (QED) is 0.672. The van der Waals surface area contributed by atoms with Gasteiger partial charge in [-0.1, -0.05) is 19.1 Å². The Morgan fingerprint density at radius 3 is 2.36 bits per heavy atom. The van der Waals surface area contributed by atoms with Crippen LogP contribution in [0.1, 0.15) is 25.8 Å². The van der Waals surface area contributed by atoms with Crippen LogP contribution in [-0.2, 0) is 21.4 Å². The lowest BCUT2D eigenvalue weighted by molar-refractivity contribution is -0.114. The van der Waals surface area contributed by atoms with Crippen LogP contribution in [0.25, 0.3) is 0 Å². The van der Waals surface area contributed by atoms with E-state index in [0.717, 1.165) is 24.2 Å². The van der Waals surface area contributed by atoms with Crippen molar-refractivity contribution in [3.8, 4) is 0 Å². The van der Waals surface area contributed by atoms with E-state index in [0.29, 0.717) is 19.6 Å². The topological polar surface area (TPSA) is 78.5 Å². The van der Waals surface area contributed by atoms with Gasteiger partial charge in [0.1, 0.15) is 0 Å². The molecule has 0 unspecified atom stereocenters. The standard InChI is InChI=1S/C15H25N3O3S/c1-4-18(22(3,20)21)11-5-10-16-12-14-6-8-15(9-7-14)17-13(2)19/h6-9,16H,4-5,10-12H2,1-3H3,(H,17,19). The average Bonchev–Trinajstić information content (AvgIpc) is 2.42. The fourth-order valence-corrected chi connectivity index (χ4v) is 3.01. The second kappa shape index (κ2) is 8.87. The fraction of sp³-hybridized carbons (Fsp3) is 0.533. The van der Waals surface area contributed by atoms with Gasteiger partial charge in [-0.05, 0) is 30.7 Å². The molecule has 124 valence electrons. The predicted molar refractivity (Wildman–Crippen MR) is 89.2 cm³/mol. The van der Waals surface area contributed by atoms with E-state index in [1.165, 1.54) is 17.5 Å². The summed E-state index contributed by atoms with van der Waals surface area (Å²) in [4.78, 5) is 10.9. The van der Waals surface area contributed by atoms with Crippen LogP contribution >= 0.6 is 0 Å². The minimum absolute atomic E-state index is 0.0859. The molecule has 1 rings (SSSR count). The summed E-state index contributed by atoms with van der Waals surface area (Å²) < 4.78 is 24.3. The average molecular weight is 327 g/mol. The van der Waals surface area contributed by atoms with Crippen LogP contribution < -0.4 is 10.6 Å². The van der Waals surface area contributed by atoms with E-state index in [4.69, 9.17) is 0 Å². The lowest BCUT2D eigenvalue weighted by atomic mass is 10.2. The minimum atomic E-state index is -3.10. The summed E-state index contributed by atoms with van der Waals surface area (Å²) in [5, 5.41) is 6.00. The molecule has 0 heterocycles. The summed E-state index contributed by atoms with van der Waals surface area (Å²) in [7, 11) is -3.10. The summed E-state index contributed by atoms with van der Waals surface area (Å²) in [6, 6.07) is 7.63. The Morgan fingerprint density at radius 2 is 1.86 bits per heavy atom. The Labute approximate surface area is 132 Å². The van der Waals surface area contributed by atoms with Crippen molar-refractivity contribution in [2.45, 2.75) is 26.8 Å². The van der Waals surface area contributed by atoms with Gasteiger partial charge in [0, 0.05) is 32.2 Å². The van der Waals surface area contributed by atoms with Crippen molar-refractivity contribution in [2.75, 3.05) is 31.2 Å². The number of rotatable bonds is 9. The first-order valence-electron chi connectivity index (χ1n) is 7.35. The van der Waals surface area contributed by atoms with E-state index >= 15 is 0 Å². The van der Waals surface area contributed by atoms with Gasteiger partial charge in [0.15, 0.2) is 0 Å². The number of nitrogens with one attached hydrogen (secondary N) is 2. The van der Waals surface area contributed by atoms with Crippen molar-refractivity contribution in [1.82, 2.24) is 9.62 Å². The van der Waals surface area contributed by atoms with E-state index in [1.54, 1.807) is 0 Å². The van der Waals surface area contributed by atoms with Gasteiger partial charge >= 0.3 is 0 Å². The number of anilines is 1. The molecule has 22 heavy (non-hydrogen) atoms. The zero-order chi connectivity index (χ0) is 16.6. The molecule has 0 bridgehead atoms. The molecule has 0 radical (unpaired) electrons. The Hall–Kier alpha value is -1.44. The van der Waals surface area contributed by atoms with Gasteiger partial charge in [-0.15, -0.1) is 0 Å². The maximum atomic E-state index is 11.4. The number of hydrogen-bond donors (Lipinski definition) is 2. The molecule has 0 fully saturated rings. The molecule has 0 saturated carbocycles. The minimum Gasteiger partial charge on any atom is -0.326 e. The van der Waals surface area contributed by atoms with Crippen LogP contribution in [0.3, 0.4) is 0 Å². The van der Waals surface area contributed by atoms with Gasteiger partial charge in [-0.2, -0.15) is 0 Å². The normalized spacial score (nSPS) is 11.6. The van der Waals surface area contributed by atoms with Crippen LogP contribution in [0.2, 0.25) is 0 Å². The van der Waals surface area contributed by atoms with Crippen LogP contribution in [0, 0.1) is 0 Å². The van der Waals surface area contributed by atoms with Crippen molar-refractivity contribution < 1.29 is 13.2 Å². The maximum absolute atomic E-state index is 11.4. The van der Waals surface area contributed by atoms with Crippen LogP contribution in [0.15, 0.2) is 24.3 Å². The Bertz CT molecular complexity index is 570. The summed E-state index contributed by atoms with van der Waals surface area (Å²) in [6.45, 7) is 5.81. The number of benzene rings is 1. The van der Waals surface area contributed by atoms with E-state index < -0.39 is 10.0 Å². The summed E-state index contributed by atoms with van der Waals surface area (Å²) >= 11 is 0. The van der Waals surface area contributed by atoms with Gasteiger partial charge in [-0.3, -0.25) is 4.79 Å². The van der Waals surface area contributed by atoms with Crippen molar-refractivity contribution in [3.05, 3.63) is 29.8 Å². The Kier molecular flexibility index (Phi) is 7.50. The number of amides is 1. The van der Waals surface area contributed by atoms with Crippen LogP contribution in [-0.4, -0.2) is 44.5 Å². The molecular weight excluding hydrogens is 302 g/mol. The number of nitrogens with zero attached hydrogens (tertiary/aromatic N) is 1. The first kappa shape index (κ1) is 18.6. The Morgan fingerprint density at radius 1 is 1.23 bits per heavy atom. The highest BCUT2D eigenvalue weighted by molar-refractivity contribution is 7.88. The summed E-state index contributed by atoms with van der Waals surface area (Å²) in [5.41, 5.74) is 1.90. The molecule has 0 aliphatic carbocycles. The third-order valence-electron chi connectivity index (χ3n) is 3.19. The number of hydrogen-bond acceptors (Lipinski definition) is 4. The van der Waals surface area contributed by atoms with Gasteiger partial charge in [0.2, 0.25) is 15.9 Å². The maximum Gasteiger partial charge on any atom is 0.221 e. The highest BCUT2D eigenvalue weighted by Crippen LogP contribution is 2.09. The second-order valence-corrected chi connectivity index (χ2v) is 7.15. The second-order valence-electron chi connectivity index (χ2n) is 5.16. The van der Waals surface area contributed by atoms with Crippen molar-refractivity contribution in [1.29, 1.82) is 0 Å². The molecule has 1 aromatic rings. The lowest BCUT2D eigenvalue weighted by Gasteiger charge is -2.17. The van der Waals surface area contributed by atoms with Gasteiger partial charge in [-0.25, -0.2) is 12.7 Å². The molecular formula is C15H25N3O3S. The zero-order valence-electron chi connectivity index (χ0n) is 13.4. The number of carbonyl (C=O) groups is 1. The number of sulfonamides is 1. The smallest absolute Gasteiger partial charge is 0.221 e. The fourth-order valence-electron chi connectivity index (χ4n) is 2.08. The SMILES string of the molecule is CCN(CCCNCc1ccc(NC(C)=O)cc1)S(C)(=O)=O. The molecule has 6 nitrogen and oxygen atoms in total. The lowest BCUT2D eigenvalue weighted by Crippen LogP contribution is -2.32. The van der Waals surface area contributed by atoms with E-state index in [1.807, 2.05) is 31.2 Å². The Balaban J connectivity index is 2.28. The highest BCUT2D eigenvalue weighted by Gasteiger charge is 2.12. The van der Waals surface area contributed by atoms with E-state index in [9.17, 15) is 13.2 Å². The largest absolute Gasteiger partial charge is 0.326 e. The molecule has 0 saturated heterocycles. The summed E-state index contributed by atoms with van der Waals surface area (Å²) in [6.07, 6.45) is 2.01. The van der Waals surface area contributed by atoms with Gasteiger partial charge < -0.3 is 10.6 Å². The van der Waals surface area contributed by atoms with Crippen molar-refractivity contribution >= 4 is 21.6 Å². The molecule has 0 spiro atoms. The van der Waals surface area contributed by atoms with Crippen molar-refractivity contribution in [2.24, 2.45) is 0 Å². The molecule has 1 amide bonds. The first-order chi connectivity index (χ1) is 10.3. The number of carbonyl (C=O) groups excluding carboxylic acids is 1. The predicted octanol–water partition coefficient (Wildman–Crippen LogP) is 1.41. The zero-order valence-corrected chi connectivity index (χ0v) is 14.2. The third-order valence-corrected chi connectivity index (χ3v) is 4.57. The van der Waals surface area contributed by atoms with E-state index in [-0.39, 0.29) is 5.91 Å². The molecule has 1 aromatic carbocycles. The van der Waals surface area contributed by atoms with E-state index in [2.05, 4.69) is 10.6 Å². The monoisotopic (exact) mass is 327 g/mol. The van der Waals surface area contributed by atoms with Crippen LogP contribution in [0.5, 0.6) is 0 Å². The molecule has 2 N–H and O–H groups in total. The van der Waals surface area contributed by atoms with Crippen LogP contribution in [0.4, 0.5) is 5.69 Å². The molecule has 7 heteroatoms. The van der Waals surface area contributed by atoms with Gasteiger partial charge in [0.05, 0.1) is 6.26 Å². The third kappa shape index (κ3) is 7.02. The molecule has 0 aliphatic rings. The molecule has 0 aromatic heterocycles. The molecule has 0 aliphatic heterocycles. The first-order valence-corrected chi connectivity index (χ1v) is 9.20. The summed E-state index contributed by atoms with van der Waals surface area (Å²) in [5.74, 6) is -0.0859. The van der Waals surface area contributed by atoms with Gasteiger partial charge in [0.25, 0.3) is 0 Å². The van der Waals surface area contributed by atoms with Crippen molar-refractivity contribution in [3.63, 3.8) is 0 Å². The molecule has 0 atom stereocenters.